The van der Waals surface area contributed by atoms with E-state index in [0.29, 0.717) is 19.6 Å². The lowest BCUT2D eigenvalue weighted by atomic mass is 10.2. The summed E-state index contributed by atoms with van der Waals surface area (Å²) < 4.78 is 11.4. The van der Waals surface area contributed by atoms with Gasteiger partial charge in [0.2, 0.25) is 5.91 Å². The van der Waals surface area contributed by atoms with Gasteiger partial charge >= 0.3 is 0 Å². The van der Waals surface area contributed by atoms with Crippen molar-refractivity contribution in [2.75, 3.05) is 24.6 Å². The topological polar surface area (TPSA) is 45.9 Å². The molecule has 5 nitrogen and oxygen atoms in total. The number of hydrogen-bond donors (Lipinski definition) is 0. The van der Waals surface area contributed by atoms with Crippen LogP contribution in [-0.2, 0) is 22.6 Å². The zero-order valence-corrected chi connectivity index (χ0v) is 17.2. The minimum absolute atomic E-state index is 0.0645. The van der Waals surface area contributed by atoms with Crippen LogP contribution in [0.15, 0.2) is 83.5 Å². The number of para-hydroxylation sites is 1. The van der Waals surface area contributed by atoms with Gasteiger partial charge in [0.1, 0.15) is 5.76 Å². The van der Waals surface area contributed by atoms with E-state index < -0.39 is 0 Å². The third-order valence-corrected chi connectivity index (χ3v) is 5.36. The summed E-state index contributed by atoms with van der Waals surface area (Å²) in [6.07, 6.45) is 3.96. The summed E-state index contributed by atoms with van der Waals surface area (Å²) in [5.41, 5.74) is 2.01. The zero-order chi connectivity index (χ0) is 20.6. The molecule has 3 aromatic rings. The highest BCUT2D eigenvalue weighted by atomic mass is 16.5. The molecule has 1 fully saturated rings. The molecule has 0 saturated carbocycles. The minimum atomic E-state index is 0.0645. The van der Waals surface area contributed by atoms with Gasteiger partial charge < -0.3 is 14.1 Å². The largest absolute Gasteiger partial charge is 0.468 e. The molecule has 1 aromatic heterocycles. The van der Waals surface area contributed by atoms with Gasteiger partial charge in [0.25, 0.3) is 0 Å². The second-order valence-electron chi connectivity index (χ2n) is 7.69. The number of furan rings is 1. The molecule has 0 aliphatic carbocycles. The first-order valence-corrected chi connectivity index (χ1v) is 10.5. The van der Waals surface area contributed by atoms with Gasteiger partial charge in [-0.25, -0.2) is 0 Å². The summed E-state index contributed by atoms with van der Waals surface area (Å²) in [6, 6.07) is 23.8. The number of carbonyl (C=O) groups is 1. The third kappa shape index (κ3) is 5.59. The van der Waals surface area contributed by atoms with Crippen LogP contribution in [0.2, 0.25) is 0 Å². The predicted molar refractivity (Wildman–Crippen MR) is 117 cm³/mol. The Morgan fingerprint density at radius 3 is 2.37 bits per heavy atom. The van der Waals surface area contributed by atoms with Gasteiger partial charge in [-0.15, -0.1) is 0 Å². The van der Waals surface area contributed by atoms with E-state index in [4.69, 9.17) is 9.15 Å². The Bertz CT molecular complexity index is 891. The average molecular weight is 405 g/mol. The Morgan fingerprint density at radius 2 is 1.70 bits per heavy atom. The van der Waals surface area contributed by atoms with E-state index >= 15 is 0 Å². The molecule has 1 saturated heterocycles. The molecule has 1 aliphatic heterocycles. The lowest BCUT2D eigenvalue weighted by Gasteiger charge is -2.28. The average Bonchev–Trinajstić information content (AvgIpc) is 3.48. The molecular formula is C25H28N2O3. The number of amides is 1. The van der Waals surface area contributed by atoms with Crippen LogP contribution >= 0.6 is 0 Å². The molecule has 2 heterocycles. The highest BCUT2D eigenvalue weighted by molar-refractivity contribution is 5.94. The van der Waals surface area contributed by atoms with Crippen molar-refractivity contribution in [2.24, 2.45) is 0 Å². The Hall–Kier alpha value is -2.89. The maximum Gasteiger partial charge on any atom is 0.241 e. The van der Waals surface area contributed by atoms with Crippen LogP contribution in [0.25, 0.3) is 0 Å². The number of ether oxygens (including phenoxy) is 1. The Balaban J connectivity index is 1.51. The van der Waals surface area contributed by atoms with Gasteiger partial charge in [-0.1, -0.05) is 48.5 Å². The second kappa shape index (κ2) is 10.2. The molecule has 4 rings (SSSR count). The molecule has 1 amide bonds. The number of anilines is 1. The lowest BCUT2D eigenvalue weighted by Crippen LogP contribution is -2.42. The summed E-state index contributed by atoms with van der Waals surface area (Å²) in [5, 5.41) is 0. The van der Waals surface area contributed by atoms with Crippen molar-refractivity contribution in [1.29, 1.82) is 0 Å². The van der Waals surface area contributed by atoms with E-state index in [-0.39, 0.29) is 12.0 Å². The van der Waals surface area contributed by atoms with Crippen molar-refractivity contribution in [1.82, 2.24) is 4.90 Å². The maximum atomic E-state index is 13.5. The van der Waals surface area contributed by atoms with Gasteiger partial charge in [-0.2, -0.15) is 0 Å². The Morgan fingerprint density at radius 1 is 0.933 bits per heavy atom. The van der Waals surface area contributed by atoms with Crippen LogP contribution in [-0.4, -0.2) is 36.6 Å². The van der Waals surface area contributed by atoms with E-state index in [9.17, 15) is 4.79 Å². The number of hydrogen-bond acceptors (Lipinski definition) is 4. The highest BCUT2D eigenvalue weighted by Gasteiger charge is 2.24. The number of benzene rings is 2. The van der Waals surface area contributed by atoms with Crippen LogP contribution in [0.1, 0.15) is 24.2 Å². The molecule has 156 valence electrons. The van der Waals surface area contributed by atoms with Crippen molar-refractivity contribution in [3.63, 3.8) is 0 Å². The van der Waals surface area contributed by atoms with E-state index in [2.05, 4.69) is 17.0 Å². The minimum Gasteiger partial charge on any atom is -0.468 e. The fourth-order valence-corrected chi connectivity index (χ4v) is 3.86. The molecular weight excluding hydrogens is 376 g/mol. The first-order chi connectivity index (χ1) is 14.8. The summed E-state index contributed by atoms with van der Waals surface area (Å²) in [5.74, 6) is 0.921. The number of carbonyl (C=O) groups excluding carboxylic acids is 1. The molecule has 0 bridgehead atoms. The standard InChI is InChI=1S/C25H28N2O3/c28-25(20-26(18-23-13-7-15-29-23)19-24-14-8-16-30-24)27(22-11-5-2-6-12-22)17-21-9-3-1-4-10-21/h1-7,9-13,15,24H,8,14,16-20H2. The first kappa shape index (κ1) is 20.4. The molecule has 0 N–H and O–H groups in total. The van der Waals surface area contributed by atoms with Gasteiger partial charge in [-0.05, 0) is 42.7 Å². The van der Waals surface area contributed by atoms with Gasteiger partial charge in [0.05, 0.1) is 32.0 Å². The van der Waals surface area contributed by atoms with Gasteiger partial charge in [0, 0.05) is 18.8 Å². The summed E-state index contributed by atoms with van der Waals surface area (Å²) in [6.45, 7) is 2.96. The molecule has 0 radical (unpaired) electrons. The van der Waals surface area contributed by atoms with Crippen molar-refractivity contribution in [3.8, 4) is 0 Å². The summed E-state index contributed by atoms with van der Waals surface area (Å²) >= 11 is 0. The maximum absolute atomic E-state index is 13.5. The van der Waals surface area contributed by atoms with Crippen molar-refractivity contribution >= 4 is 11.6 Å². The normalized spacial score (nSPS) is 16.1. The van der Waals surface area contributed by atoms with Crippen LogP contribution in [0.3, 0.4) is 0 Å². The van der Waals surface area contributed by atoms with Crippen LogP contribution in [0.4, 0.5) is 5.69 Å². The lowest BCUT2D eigenvalue weighted by molar-refractivity contribution is -0.120. The van der Waals surface area contributed by atoms with E-state index in [1.165, 1.54) is 0 Å². The number of nitrogens with zero attached hydrogens (tertiary/aromatic N) is 2. The zero-order valence-electron chi connectivity index (χ0n) is 17.2. The van der Waals surface area contributed by atoms with Crippen molar-refractivity contribution in [2.45, 2.75) is 32.0 Å². The van der Waals surface area contributed by atoms with Crippen LogP contribution in [0.5, 0.6) is 0 Å². The fourth-order valence-electron chi connectivity index (χ4n) is 3.86. The van der Waals surface area contributed by atoms with Crippen LogP contribution in [0, 0.1) is 0 Å². The first-order valence-electron chi connectivity index (χ1n) is 10.5. The molecule has 2 aromatic carbocycles. The molecule has 1 atom stereocenters. The predicted octanol–water partition coefficient (Wildman–Crippen LogP) is 4.49. The summed E-state index contributed by atoms with van der Waals surface area (Å²) in [4.78, 5) is 17.5. The van der Waals surface area contributed by atoms with E-state index in [0.717, 1.165) is 43.0 Å². The molecule has 1 unspecified atom stereocenters. The molecule has 0 spiro atoms. The molecule has 1 aliphatic rings. The second-order valence-corrected chi connectivity index (χ2v) is 7.69. The van der Waals surface area contributed by atoms with Crippen LogP contribution < -0.4 is 4.90 Å². The SMILES string of the molecule is O=C(CN(Cc1ccco1)CC1CCCO1)N(Cc1ccccc1)c1ccccc1. The van der Waals surface area contributed by atoms with Crippen molar-refractivity contribution < 1.29 is 13.9 Å². The smallest absolute Gasteiger partial charge is 0.241 e. The molecule has 5 heteroatoms. The van der Waals surface area contributed by atoms with Crippen molar-refractivity contribution in [3.05, 3.63) is 90.4 Å². The fraction of sp³-hybridized carbons (Fsp3) is 0.320. The highest BCUT2D eigenvalue weighted by Crippen LogP contribution is 2.20. The number of rotatable bonds is 9. The van der Waals surface area contributed by atoms with E-state index in [1.54, 1.807) is 6.26 Å². The summed E-state index contributed by atoms with van der Waals surface area (Å²) in [7, 11) is 0. The van der Waals surface area contributed by atoms with Gasteiger partial charge in [-0.3, -0.25) is 9.69 Å². The third-order valence-electron chi connectivity index (χ3n) is 5.36. The molecule has 30 heavy (non-hydrogen) atoms. The quantitative estimate of drug-likeness (QED) is 0.527. The Labute approximate surface area is 177 Å². The van der Waals surface area contributed by atoms with E-state index in [1.807, 2.05) is 65.6 Å². The van der Waals surface area contributed by atoms with Gasteiger partial charge in [0.15, 0.2) is 0 Å². The Kier molecular flexibility index (Phi) is 6.95. The monoisotopic (exact) mass is 404 g/mol.